The molecule has 0 radical (unpaired) electrons. The summed E-state index contributed by atoms with van der Waals surface area (Å²) in [5.41, 5.74) is 2.51. The van der Waals surface area contributed by atoms with Crippen LogP contribution >= 0.6 is 0 Å². The van der Waals surface area contributed by atoms with Gasteiger partial charge in [-0.05, 0) is 194 Å². The molecule has 0 bridgehead atoms. The molecule has 3 aromatic rings. The molecule has 3 aromatic carbocycles. The minimum Gasteiger partial charge on any atom is -0.465 e. The summed E-state index contributed by atoms with van der Waals surface area (Å²) in [5.74, 6) is -2.98. The first-order valence-electron chi connectivity index (χ1n) is 29.1. The molecule has 1 N–H and O–H groups in total. The zero-order valence-electron chi connectivity index (χ0n) is 51.2. The zero-order chi connectivity index (χ0) is 59.8. The quantitative estimate of drug-likeness (QED) is 0.0939. The van der Waals surface area contributed by atoms with Crippen LogP contribution in [0.2, 0.25) is 0 Å². The molecule has 0 unspecified atom stereocenters. The van der Waals surface area contributed by atoms with E-state index in [2.05, 4.69) is 41.3 Å². The Labute approximate surface area is 482 Å². The van der Waals surface area contributed by atoms with Gasteiger partial charge in [0.25, 0.3) is 0 Å². The first kappa shape index (κ1) is 64.0. The van der Waals surface area contributed by atoms with Gasteiger partial charge in [-0.3, -0.25) is 19.3 Å². The van der Waals surface area contributed by atoms with Gasteiger partial charge < -0.3 is 43.5 Å². The summed E-state index contributed by atoms with van der Waals surface area (Å²) in [7, 11) is 0. The van der Waals surface area contributed by atoms with Gasteiger partial charge in [0, 0.05) is 58.9 Å². The van der Waals surface area contributed by atoms with Gasteiger partial charge >= 0.3 is 36.2 Å². The van der Waals surface area contributed by atoms with Gasteiger partial charge in [0.1, 0.15) is 28.0 Å². The van der Waals surface area contributed by atoms with Crippen molar-refractivity contribution >= 4 is 36.2 Å². The van der Waals surface area contributed by atoms with E-state index in [1.54, 1.807) is 9.80 Å². The number of ether oxygens (including phenoxy) is 5. The van der Waals surface area contributed by atoms with Crippen molar-refractivity contribution < 1.29 is 57.6 Å². The van der Waals surface area contributed by atoms with Gasteiger partial charge in [0.15, 0.2) is 0 Å². The van der Waals surface area contributed by atoms with Gasteiger partial charge in [-0.15, -0.1) is 0 Å². The van der Waals surface area contributed by atoms with Gasteiger partial charge in [-0.1, -0.05) is 72.8 Å². The van der Waals surface area contributed by atoms with E-state index in [1.807, 2.05) is 140 Å². The smallest absolute Gasteiger partial charge is 0.410 e. The van der Waals surface area contributed by atoms with E-state index in [1.165, 1.54) is 4.90 Å². The molecule has 3 fully saturated rings. The molecule has 3 amide bonds. The summed E-state index contributed by atoms with van der Waals surface area (Å²) in [4.78, 5) is 87.6. The van der Waals surface area contributed by atoms with Crippen molar-refractivity contribution in [3.05, 3.63) is 106 Å². The summed E-state index contributed by atoms with van der Waals surface area (Å²) < 4.78 is 29.5. The van der Waals surface area contributed by atoms with E-state index < -0.39 is 64.0 Å². The Bertz CT molecular complexity index is 2550. The van der Waals surface area contributed by atoms with Crippen molar-refractivity contribution in [2.24, 2.45) is 35.5 Å². The SMILES string of the molecule is CC(C)(C)OC(=O)[C@@H](Cc1cccc(CN(Cc2cccc(C[C@H](C(=O)OC(C)(C)C)[C@H]3CCN(C(=O)OC(C)(C)C)C3)c2)Cc2cccc(C[C@H](C(=O)OC(C)(C)C)[C@H]3CCN(C(=O)OC(C)(C)C)C3)c2)c1)[C@H]1CCN(C(=O)O)C1. The van der Waals surface area contributed by atoms with Crippen molar-refractivity contribution in [2.75, 3.05) is 39.3 Å². The predicted molar refractivity (Wildman–Crippen MR) is 311 cm³/mol. The number of hydrogen-bond donors (Lipinski definition) is 1. The second-order valence-electron chi connectivity index (χ2n) is 27.9. The Kier molecular flexibility index (Phi) is 20.9. The Morgan fingerprint density at radius 2 is 0.691 bits per heavy atom. The third kappa shape index (κ3) is 20.7. The van der Waals surface area contributed by atoms with Crippen LogP contribution in [0, 0.1) is 35.5 Å². The van der Waals surface area contributed by atoms with Crippen LogP contribution in [-0.4, -0.2) is 128 Å². The number of carbonyl (C=O) groups excluding carboxylic acids is 5. The first-order valence-corrected chi connectivity index (χ1v) is 29.1. The molecule has 16 nitrogen and oxygen atoms in total. The lowest BCUT2D eigenvalue weighted by molar-refractivity contribution is -0.163. The molecular weight excluding hydrogens is 1030 g/mol. The van der Waals surface area contributed by atoms with Crippen molar-refractivity contribution in [3.63, 3.8) is 0 Å². The van der Waals surface area contributed by atoms with E-state index in [-0.39, 0.29) is 42.2 Å². The predicted octanol–water partition coefficient (Wildman–Crippen LogP) is 11.9. The maximum atomic E-state index is 14.1. The van der Waals surface area contributed by atoms with E-state index in [9.17, 15) is 33.9 Å². The van der Waals surface area contributed by atoms with Crippen LogP contribution in [0.3, 0.4) is 0 Å². The Morgan fingerprint density at radius 3 is 0.951 bits per heavy atom. The molecule has 0 saturated carbocycles. The van der Waals surface area contributed by atoms with Crippen LogP contribution < -0.4 is 0 Å². The lowest BCUT2D eigenvalue weighted by Gasteiger charge is -2.29. The number of carboxylic acid groups (broad SMARTS) is 1. The Morgan fingerprint density at radius 1 is 0.432 bits per heavy atom. The second kappa shape index (κ2) is 26.4. The third-order valence-electron chi connectivity index (χ3n) is 14.6. The fraction of sp³-hybridized carbons (Fsp3) is 0.631. The number of esters is 3. The highest BCUT2D eigenvalue weighted by molar-refractivity contribution is 5.76. The first-order chi connectivity index (χ1) is 37.5. The van der Waals surface area contributed by atoms with Gasteiger partial charge in [-0.2, -0.15) is 0 Å². The molecular formula is C65H94N4O12. The standard InChI is InChI=1S/C65H94N4O12/c1-61(2,3)77-55(70)52(49-25-28-67(40-49)58(73)74)34-43-19-16-22-46(31-43)37-66(38-47-23-17-20-44(32-47)35-53(56(71)78-62(4,5)6)50-26-29-68(41-50)59(75)80-64(10,11)12)39-48-24-18-21-45(33-48)36-54(57(72)79-63(7,8)9)51-27-30-69(42-51)60(76)81-65(13,14)15/h16-24,31-33,49-54H,25-30,34-42H2,1-15H3,(H,73,74)/t49-,50-,51-,52-,53-,54-/m0/s1. The highest BCUT2D eigenvalue weighted by Gasteiger charge is 2.42. The Hall–Kier alpha value is -6.16. The summed E-state index contributed by atoms with van der Waals surface area (Å²) >= 11 is 0. The van der Waals surface area contributed by atoms with Crippen LogP contribution in [0.1, 0.15) is 156 Å². The monoisotopic (exact) mass is 1120 g/mol. The van der Waals surface area contributed by atoms with Crippen LogP contribution in [0.15, 0.2) is 72.8 Å². The Balaban J connectivity index is 1.31. The molecule has 6 rings (SSSR count). The number of rotatable bonds is 18. The van der Waals surface area contributed by atoms with E-state index in [0.29, 0.717) is 90.9 Å². The molecule has 0 aliphatic carbocycles. The minimum atomic E-state index is -0.995. The molecule has 81 heavy (non-hydrogen) atoms. The fourth-order valence-corrected chi connectivity index (χ4v) is 11.2. The van der Waals surface area contributed by atoms with Crippen LogP contribution in [-0.2, 0) is 77.0 Å². The van der Waals surface area contributed by atoms with Crippen molar-refractivity contribution in [1.82, 2.24) is 19.6 Å². The fourth-order valence-electron chi connectivity index (χ4n) is 11.2. The summed E-state index contributed by atoms with van der Waals surface area (Å²) in [6, 6.07) is 24.8. The van der Waals surface area contributed by atoms with E-state index >= 15 is 0 Å². The number of hydrogen-bond acceptors (Lipinski definition) is 12. The van der Waals surface area contributed by atoms with Crippen molar-refractivity contribution in [2.45, 2.75) is 190 Å². The number of benzene rings is 3. The molecule has 0 aromatic heterocycles. The number of amides is 3. The molecule has 16 heteroatoms. The average molecular weight is 1120 g/mol. The zero-order valence-corrected chi connectivity index (χ0v) is 51.2. The summed E-state index contributed by atoms with van der Waals surface area (Å²) in [5, 5.41) is 9.82. The van der Waals surface area contributed by atoms with Gasteiger partial charge in [0.05, 0.1) is 17.8 Å². The number of nitrogens with zero attached hydrogens (tertiary/aromatic N) is 4. The molecule has 6 atom stereocenters. The highest BCUT2D eigenvalue weighted by atomic mass is 16.6. The van der Waals surface area contributed by atoms with Gasteiger partial charge in [0.2, 0.25) is 0 Å². The molecule has 3 saturated heterocycles. The lowest BCUT2D eigenvalue weighted by atomic mass is 9.85. The number of carbonyl (C=O) groups is 6. The maximum absolute atomic E-state index is 14.1. The van der Waals surface area contributed by atoms with Crippen LogP contribution in [0.4, 0.5) is 14.4 Å². The lowest BCUT2D eigenvalue weighted by Crippen LogP contribution is -2.38. The second-order valence-corrected chi connectivity index (χ2v) is 27.9. The molecule has 0 spiro atoms. The molecule has 3 aliphatic rings. The number of likely N-dealkylation sites (tertiary alicyclic amines) is 3. The van der Waals surface area contributed by atoms with Crippen molar-refractivity contribution in [1.29, 1.82) is 0 Å². The highest BCUT2D eigenvalue weighted by Crippen LogP contribution is 2.35. The largest absolute Gasteiger partial charge is 0.465 e. The molecule has 3 heterocycles. The van der Waals surface area contributed by atoms with Crippen molar-refractivity contribution in [3.8, 4) is 0 Å². The molecule has 446 valence electrons. The van der Waals surface area contributed by atoms with Crippen LogP contribution in [0.25, 0.3) is 0 Å². The molecule has 3 aliphatic heterocycles. The topological polar surface area (TPSA) is 182 Å². The maximum Gasteiger partial charge on any atom is 0.410 e. The summed E-state index contributed by atoms with van der Waals surface area (Å²) in [6.07, 6.45) is 1.28. The van der Waals surface area contributed by atoms with Gasteiger partial charge in [-0.25, -0.2) is 14.4 Å². The normalized spacial score (nSPS) is 19.3. The van der Waals surface area contributed by atoms with E-state index in [4.69, 9.17) is 23.7 Å². The summed E-state index contributed by atoms with van der Waals surface area (Å²) in [6.45, 7) is 31.7. The third-order valence-corrected chi connectivity index (χ3v) is 14.6. The van der Waals surface area contributed by atoms with Crippen LogP contribution in [0.5, 0.6) is 0 Å². The minimum absolute atomic E-state index is 0.140. The van der Waals surface area contributed by atoms with E-state index in [0.717, 1.165) is 33.4 Å². The average Bonchev–Trinajstić information content (AvgIpc) is 4.16.